The Morgan fingerprint density at radius 2 is 2.32 bits per heavy atom. The third-order valence-corrected chi connectivity index (χ3v) is 5.09. The summed E-state index contributed by atoms with van der Waals surface area (Å²) in [6.45, 7) is 0. The van der Waals surface area contributed by atoms with Gasteiger partial charge in [-0.05, 0) is 24.5 Å². The molecule has 1 atom stereocenters. The fourth-order valence-electron chi connectivity index (χ4n) is 2.95. The molecule has 25 heavy (non-hydrogen) atoms. The van der Waals surface area contributed by atoms with Crippen LogP contribution in [-0.4, -0.2) is 36.0 Å². The average Bonchev–Trinajstić information content (AvgIpc) is 3.13. The molecule has 2 heterocycles. The van der Waals surface area contributed by atoms with Crippen molar-refractivity contribution in [2.75, 3.05) is 7.11 Å². The number of carbonyl (C=O) groups is 2. The number of para-hydroxylation sites is 1. The molecule has 3 rings (SSSR count). The van der Waals surface area contributed by atoms with Crippen LogP contribution >= 0.6 is 11.3 Å². The third-order valence-electron chi connectivity index (χ3n) is 4.25. The predicted octanol–water partition coefficient (Wildman–Crippen LogP) is 2.31. The number of benzene rings is 1. The number of fused-ring (bicyclic) bond motifs is 1. The number of Topliss-reactive ketones (excluding diaryl/α,β-unsaturated/α-hetero) is 1. The SMILES string of the molecule is COC(=O)c1cccc2c1OB(O)[C@@H](CC(=O)CCc1cncs1)C2. The first kappa shape index (κ1) is 17.6. The summed E-state index contributed by atoms with van der Waals surface area (Å²) < 4.78 is 10.3. The molecule has 0 aliphatic carbocycles. The Labute approximate surface area is 149 Å². The topological polar surface area (TPSA) is 85.7 Å². The molecule has 0 amide bonds. The fraction of sp³-hybridized carbons (Fsp3) is 0.353. The molecule has 0 saturated carbocycles. The first-order valence-electron chi connectivity index (χ1n) is 8.02. The Hall–Kier alpha value is -2.19. The molecule has 0 spiro atoms. The summed E-state index contributed by atoms with van der Waals surface area (Å²) in [5.41, 5.74) is 2.83. The van der Waals surface area contributed by atoms with Crippen LogP contribution in [0.4, 0.5) is 0 Å². The minimum Gasteiger partial charge on any atom is -0.535 e. The number of thiazole rings is 1. The minimum absolute atomic E-state index is 0.0774. The number of nitrogens with zero attached hydrogens (tertiary/aromatic N) is 1. The van der Waals surface area contributed by atoms with E-state index in [-0.39, 0.29) is 23.6 Å². The molecule has 1 aliphatic rings. The lowest BCUT2D eigenvalue weighted by Gasteiger charge is -2.28. The van der Waals surface area contributed by atoms with Crippen molar-refractivity contribution < 1.29 is 24.0 Å². The van der Waals surface area contributed by atoms with Gasteiger partial charge in [0.25, 0.3) is 0 Å². The fourth-order valence-corrected chi connectivity index (χ4v) is 3.55. The van der Waals surface area contributed by atoms with Gasteiger partial charge in [0.2, 0.25) is 0 Å². The van der Waals surface area contributed by atoms with E-state index >= 15 is 0 Å². The summed E-state index contributed by atoms with van der Waals surface area (Å²) in [6.07, 6.45) is 3.56. The van der Waals surface area contributed by atoms with E-state index in [1.807, 2.05) is 6.07 Å². The molecule has 1 aromatic heterocycles. The monoisotopic (exact) mass is 359 g/mol. The molecule has 0 unspecified atom stereocenters. The van der Waals surface area contributed by atoms with Gasteiger partial charge in [0.15, 0.2) is 0 Å². The van der Waals surface area contributed by atoms with Crippen molar-refractivity contribution in [2.24, 2.45) is 0 Å². The smallest absolute Gasteiger partial charge is 0.526 e. The maximum Gasteiger partial charge on any atom is 0.526 e. The van der Waals surface area contributed by atoms with Crippen LogP contribution in [0.5, 0.6) is 5.75 Å². The van der Waals surface area contributed by atoms with Gasteiger partial charge in [0.1, 0.15) is 17.1 Å². The molecule has 0 radical (unpaired) electrons. The first-order valence-corrected chi connectivity index (χ1v) is 8.90. The molecular formula is C17H18BNO5S. The number of aromatic nitrogens is 1. The van der Waals surface area contributed by atoms with Crippen LogP contribution in [0.2, 0.25) is 5.82 Å². The number of carbonyl (C=O) groups excluding carboxylic acids is 2. The number of ether oxygens (including phenoxy) is 1. The van der Waals surface area contributed by atoms with Crippen LogP contribution < -0.4 is 4.65 Å². The molecule has 0 fully saturated rings. The lowest BCUT2D eigenvalue weighted by Crippen LogP contribution is -2.35. The highest BCUT2D eigenvalue weighted by Crippen LogP contribution is 2.36. The average molecular weight is 359 g/mol. The Morgan fingerprint density at radius 3 is 3.04 bits per heavy atom. The van der Waals surface area contributed by atoms with Crippen molar-refractivity contribution in [3.63, 3.8) is 0 Å². The summed E-state index contributed by atoms with van der Waals surface area (Å²) in [7, 11) is 0.177. The molecule has 2 aromatic rings. The number of hydrogen-bond acceptors (Lipinski definition) is 7. The molecule has 1 aromatic carbocycles. The summed E-state index contributed by atoms with van der Waals surface area (Å²) in [5.74, 6) is -0.415. The van der Waals surface area contributed by atoms with E-state index in [4.69, 9.17) is 9.39 Å². The van der Waals surface area contributed by atoms with Crippen LogP contribution in [0.1, 0.15) is 33.6 Å². The van der Waals surface area contributed by atoms with Crippen molar-refractivity contribution in [2.45, 2.75) is 31.5 Å². The second kappa shape index (κ2) is 7.80. The lowest BCUT2D eigenvalue weighted by molar-refractivity contribution is -0.119. The zero-order valence-corrected chi connectivity index (χ0v) is 14.6. The van der Waals surface area contributed by atoms with Crippen LogP contribution in [0.3, 0.4) is 0 Å². The first-order chi connectivity index (χ1) is 12.1. The van der Waals surface area contributed by atoms with E-state index in [1.54, 1.807) is 23.8 Å². The number of ketones is 1. The Balaban J connectivity index is 1.65. The number of methoxy groups -OCH3 is 1. The van der Waals surface area contributed by atoms with Gasteiger partial charge in [0.05, 0.1) is 12.6 Å². The van der Waals surface area contributed by atoms with E-state index in [1.165, 1.54) is 18.4 Å². The van der Waals surface area contributed by atoms with Gasteiger partial charge in [-0.25, -0.2) is 4.79 Å². The van der Waals surface area contributed by atoms with E-state index < -0.39 is 13.1 Å². The minimum atomic E-state index is -1.12. The highest BCUT2D eigenvalue weighted by Gasteiger charge is 2.37. The zero-order valence-electron chi connectivity index (χ0n) is 13.8. The van der Waals surface area contributed by atoms with Gasteiger partial charge in [-0.15, -0.1) is 11.3 Å². The van der Waals surface area contributed by atoms with Gasteiger partial charge < -0.3 is 14.4 Å². The Bertz CT molecular complexity index is 764. The summed E-state index contributed by atoms with van der Waals surface area (Å²) in [6, 6.07) is 5.18. The van der Waals surface area contributed by atoms with Crippen molar-refractivity contribution in [3.8, 4) is 5.75 Å². The third kappa shape index (κ3) is 4.08. The quantitative estimate of drug-likeness (QED) is 0.629. The number of aryl methyl sites for hydroxylation is 1. The van der Waals surface area contributed by atoms with E-state index in [0.29, 0.717) is 25.0 Å². The van der Waals surface area contributed by atoms with Crippen molar-refractivity contribution in [1.82, 2.24) is 4.98 Å². The molecule has 1 N–H and O–H groups in total. The van der Waals surface area contributed by atoms with Crippen molar-refractivity contribution in [3.05, 3.63) is 45.9 Å². The highest BCUT2D eigenvalue weighted by molar-refractivity contribution is 7.09. The van der Waals surface area contributed by atoms with Gasteiger partial charge in [0, 0.05) is 29.7 Å². The second-order valence-corrected chi connectivity index (χ2v) is 6.94. The number of esters is 1. The molecule has 1 aliphatic heterocycles. The maximum absolute atomic E-state index is 12.2. The molecule has 0 saturated heterocycles. The van der Waals surface area contributed by atoms with Gasteiger partial charge in [-0.1, -0.05) is 12.1 Å². The van der Waals surface area contributed by atoms with Crippen LogP contribution in [0, 0.1) is 0 Å². The molecule has 130 valence electrons. The summed E-state index contributed by atoms with van der Waals surface area (Å²) >= 11 is 1.53. The standard InChI is InChI=1S/C17H18BNO5S/c1-23-17(21)15-4-2-3-11-7-12(18(22)24-16(11)15)8-13(20)5-6-14-9-19-10-25-14/h2-4,9-10,12,22H,5-8H2,1H3/t12-/m1/s1. The van der Waals surface area contributed by atoms with Gasteiger partial charge >= 0.3 is 13.1 Å². The van der Waals surface area contributed by atoms with Crippen molar-refractivity contribution in [1.29, 1.82) is 0 Å². The van der Waals surface area contributed by atoms with E-state index in [2.05, 4.69) is 4.98 Å². The Kier molecular flexibility index (Phi) is 5.50. The number of hydrogen-bond donors (Lipinski definition) is 1. The molecule has 0 bridgehead atoms. The molecular weight excluding hydrogens is 341 g/mol. The second-order valence-electron chi connectivity index (χ2n) is 5.97. The highest BCUT2D eigenvalue weighted by atomic mass is 32.1. The molecule has 6 nitrogen and oxygen atoms in total. The summed E-state index contributed by atoms with van der Waals surface area (Å²) in [5, 5.41) is 10.3. The zero-order chi connectivity index (χ0) is 17.8. The largest absolute Gasteiger partial charge is 0.535 e. The van der Waals surface area contributed by atoms with Crippen molar-refractivity contribution >= 4 is 30.2 Å². The maximum atomic E-state index is 12.2. The van der Waals surface area contributed by atoms with E-state index in [0.717, 1.165) is 10.4 Å². The van der Waals surface area contributed by atoms with E-state index in [9.17, 15) is 14.6 Å². The Morgan fingerprint density at radius 1 is 1.48 bits per heavy atom. The summed E-state index contributed by atoms with van der Waals surface area (Å²) in [4.78, 5) is 29.1. The van der Waals surface area contributed by atoms with Gasteiger partial charge in [-0.2, -0.15) is 0 Å². The normalized spacial score (nSPS) is 16.1. The predicted molar refractivity (Wildman–Crippen MR) is 93.9 cm³/mol. The number of rotatable bonds is 6. The van der Waals surface area contributed by atoms with Gasteiger partial charge in [-0.3, -0.25) is 9.78 Å². The van der Waals surface area contributed by atoms with Crippen LogP contribution in [0.15, 0.2) is 29.9 Å². The van der Waals surface area contributed by atoms with Crippen LogP contribution in [0.25, 0.3) is 0 Å². The van der Waals surface area contributed by atoms with Crippen LogP contribution in [-0.2, 0) is 22.4 Å². The lowest BCUT2D eigenvalue weighted by atomic mass is 9.64. The molecule has 8 heteroatoms.